The van der Waals surface area contributed by atoms with Crippen molar-refractivity contribution < 1.29 is 9.59 Å². The summed E-state index contributed by atoms with van der Waals surface area (Å²) in [6.45, 7) is 5.96. The molecule has 0 aliphatic carbocycles. The molecule has 0 saturated carbocycles. The van der Waals surface area contributed by atoms with Gasteiger partial charge >= 0.3 is 0 Å². The van der Waals surface area contributed by atoms with Gasteiger partial charge in [-0.15, -0.1) is 0 Å². The predicted molar refractivity (Wildman–Crippen MR) is 82.2 cm³/mol. The van der Waals surface area contributed by atoms with Crippen molar-refractivity contribution in [3.05, 3.63) is 29.8 Å². The first kappa shape index (κ1) is 14.1. The summed E-state index contributed by atoms with van der Waals surface area (Å²) < 4.78 is 0. The summed E-state index contributed by atoms with van der Waals surface area (Å²) >= 11 is 0. The van der Waals surface area contributed by atoms with E-state index in [-0.39, 0.29) is 17.7 Å². The van der Waals surface area contributed by atoms with Crippen molar-refractivity contribution >= 4 is 17.5 Å². The zero-order chi connectivity index (χ0) is 15.0. The predicted octanol–water partition coefficient (Wildman–Crippen LogP) is 2.40. The van der Waals surface area contributed by atoms with Crippen LogP contribution in [0.4, 0.5) is 5.69 Å². The van der Waals surface area contributed by atoms with Crippen molar-refractivity contribution in [1.29, 1.82) is 0 Å². The van der Waals surface area contributed by atoms with Crippen LogP contribution in [0.1, 0.15) is 38.2 Å². The topological polar surface area (TPSA) is 40.6 Å². The Labute approximate surface area is 125 Å². The molecule has 1 saturated heterocycles. The molecule has 1 aromatic carbocycles. The molecule has 4 heteroatoms. The Kier molecular flexibility index (Phi) is 3.70. The number of fused-ring (bicyclic) bond motifs is 1. The van der Waals surface area contributed by atoms with Gasteiger partial charge in [0, 0.05) is 44.1 Å². The van der Waals surface area contributed by atoms with Crippen molar-refractivity contribution in [2.45, 2.75) is 32.6 Å². The van der Waals surface area contributed by atoms with E-state index in [4.69, 9.17) is 0 Å². The Morgan fingerprint density at radius 2 is 1.81 bits per heavy atom. The van der Waals surface area contributed by atoms with Crippen LogP contribution in [-0.2, 0) is 9.59 Å². The number of carbonyl (C=O) groups is 2. The molecule has 2 heterocycles. The normalized spacial score (nSPS) is 22.3. The van der Waals surface area contributed by atoms with E-state index >= 15 is 0 Å². The summed E-state index contributed by atoms with van der Waals surface area (Å²) in [6, 6.07) is 8.19. The fourth-order valence-electron chi connectivity index (χ4n) is 3.49. The zero-order valence-corrected chi connectivity index (χ0v) is 12.7. The number of carbonyl (C=O) groups excluding carboxylic acids is 2. The molecule has 2 aliphatic heterocycles. The first-order valence-corrected chi connectivity index (χ1v) is 7.73. The second kappa shape index (κ2) is 5.51. The number of piperidine rings is 1. The average molecular weight is 286 g/mol. The van der Waals surface area contributed by atoms with Gasteiger partial charge in [-0.2, -0.15) is 0 Å². The largest absolute Gasteiger partial charge is 0.343 e. The van der Waals surface area contributed by atoms with Gasteiger partial charge in [-0.05, 0) is 24.5 Å². The fourth-order valence-corrected chi connectivity index (χ4v) is 3.49. The Morgan fingerprint density at radius 1 is 1.14 bits per heavy atom. The first-order valence-electron chi connectivity index (χ1n) is 7.73. The number of amides is 2. The van der Waals surface area contributed by atoms with Crippen LogP contribution in [0.3, 0.4) is 0 Å². The molecule has 2 aliphatic rings. The number of hydrogen-bond acceptors (Lipinski definition) is 2. The molecule has 0 aromatic heterocycles. The van der Waals surface area contributed by atoms with Crippen LogP contribution in [0.15, 0.2) is 24.3 Å². The van der Waals surface area contributed by atoms with E-state index < -0.39 is 0 Å². The van der Waals surface area contributed by atoms with Gasteiger partial charge in [-0.1, -0.05) is 25.1 Å². The third-order valence-electron chi connectivity index (χ3n) is 4.77. The summed E-state index contributed by atoms with van der Waals surface area (Å²) in [5.74, 6) is 0.803. The van der Waals surface area contributed by atoms with Gasteiger partial charge in [-0.3, -0.25) is 9.59 Å². The molecule has 0 N–H and O–H groups in total. The zero-order valence-electron chi connectivity index (χ0n) is 12.7. The van der Waals surface area contributed by atoms with Crippen molar-refractivity contribution in [3.8, 4) is 0 Å². The van der Waals surface area contributed by atoms with Gasteiger partial charge in [0.15, 0.2) is 0 Å². The molecule has 0 bridgehead atoms. The molecule has 3 rings (SSSR count). The van der Waals surface area contributed by atoms with Crippen molar-refractivity contribution in [1.82, 2.24) is 4.90 Å². The molecular weight excluding hydrogens is 264 g/mol. The lowest BCUT2D eigenvalue weighted by molar-refractivity contribution is -0.133. The lowest BCUT2D eigenvalue weighted by Gasteiger charge is -2.32. The lowest BCUT2D eigenvalue weighted by atomic mass is 9.95. The van der Waals surface area contributed by atoms with Crippen LogP contribution < -0.4 is 4.90 Å². The quantitative estimate of drug-likeness (QED) is 0.795. The van der Waals surface area contributed by atoms with Crippen LogP contribution >= 0.6 is 0 Å². The van der Waals surface area contributed by atoms with E-state index in [0.29, 0.717) is 19.0 Å². The first-order chi connectivity index (χ1) is 10.1. The molecule has 1 aromatic rings. The highest BCUT2D eigenvalue weighted by Gasteiger charge is 2.35. The smallest absolute Gasteiger partial charge is 0.230 e. The maximum atomic E-state index is 12.8. The van der Waals surface area contributed by atoms with Gasteiger partial charge in [0.05, 0.1) is 0 Å². The standard InChI is InChI=1S/C17H22N2O2/c1-12-11-19(16-6-4-3-5-15(12)16)17(21)14-7-9-18(10-8-14)13(2)20/h3-6,12,14H,7-11H2,1-2H3. The molecule has 2 amide bonds. The number of benzene rings is 1. The molecular formula is C17H22N2O2. The summed E-state index contributed by atoms with van der Waals surface area (Å²) in [5, 5.41) is 0. The maximum absolute atomic E-state index is 12.8. The Balaban J connectivity index is 1.72. The number of hydrogen-bond donors (Lipinski definition) is 0. The summed E-state index contributed by atoms with van der Waals surface area (Å²) in [5.41, 5.74) is 2.34. The van der Waals surface area contributed by atoms with Crippen LogP contribution in [-0.4, -0.2) is 36.3 Å². The highest BCUT2D eigenvalue weighted by atomic mass is 16.2. The summed E-state index contributed by atoms with van der Waals surface area (Å²) in [6.07, 6.45) is 1.57. The van der Waals surface area contributed by atoms with Crippen LogP contribution in [0, 0.1) is 5.92 Å². The Bertz CT molecular complexity index is 562. The lowest BCUT2D eigenvalue weighted by Crippen LogP contribution is -2.43. The fraction of sp³-hybridized carbons (Fsp3) is 0.529. The Hall–Kier alpha value is -1.84. The molecule has 4 nitrogen and oxygen atoms in total. The van der Waals surface area contributed by atoms with Crippen molar-refractivity contribution in [2.24, 2.45) is 5.92 Å². The van der Waals surface area contributed by atoms with Crippen LogP contribution in [0.5, 0.6) is 0 Å². The van der Waals surface area contributed by atoms with E-state index in [0.717, 1.165) is 25.1 Å². The minimum atomic E-state index is 0.0546. The van der Waals surface area contributed by atoms with Gasteiger partial charge in [0.2, 0.25) is 11.8 Å². The molecule has 0 radical (unpaired) electrons. The molecule has 112 valence electrons. The minimum Gasteiger partial charge on any atom is -0.343 e. The molecule has 0 spiro atoms. The van der Waals surface area contributed by atoms with Gasteiger partial charge in [0.25, 0.3) is 0 Å². The van der Waals surface area contributed by atoms with Crippen LogP contribution in [0.25, 0.3) is 0 Å². The van der Waals surface area contributed by atoms with Crippen LogP contribution in [0.2, 0.25) is 0 Å². The van der Waals surface area contributed by atoms with E-state index in [1.807, 2.05) is 28.0 Å². The van der Waals surface area contributed by atoms with E-state index in [2.05, 4.69) is 13.0 Å². The SMILES string of the molecule is CC(=O)N1CCC(C(=O)N2CC(C)c3ccccc32)CC1. The third-order valence-corrected chi connectivity index (χ3v) is 4.77. The van der Waals surface area contributed by atoms with Gasteiger partial charge in [0.1, 0.15) is 0 Å². The second-order valence-electron chi connectivity index (χ2n) is 6.19. The molecule has 21 heavy (non-hydrogen) atoms. The molecule has 1 fully saturated rings. The molecule has 1 unspecified atom stereocenters. The molecule has 1 atom stereocenters. The maximum Gasteiger partial charge on any atom is 0.230 e. The number of likely N-dealkylation sites (tertiary alicyclic amines) is 1. The van der Waals surface area contributed by atoms with Crippen molar-refractivity contribution in [2.75, 3.05) is 24.5 Å². The summed E-state index contributed by atoms with van der Waals surface area (Å²) in [4.78, 5) is 28.0. The highest BCUT2D eigenvalue weighted by molar-refractivity contribution is 5.97. The highest BCUT2D eigenvalue weighted by Crippen LogP contribution is 2.37. The summed E-state index contributed by atoms with van der Waals surface area (Å²) in [7, 11) is 0. The monoisotopic (exact) mass is 286 g/mol. The third kappa shape index (κ3) is 2.55. The minimum absolute atomic E-state index is 0.0546. The van der Waals surface area contributed by atoms with Gasteiger partial charge in [-0.25, -0.2) is 0 Å². The van der Waals surface area contributed by atoms with Gasteiger partial charge < -0.3 is 9.80 Å². The van der Waals surface area contributed by atoms with E-state index in [1.165, 1.54) is 5.56 Å². The second-order valence-corrected chi connectivity index (χ2v) is 6.19. The number of nitrogens with zero attached hydrogens (tertiary/aromatic N) is 2. The number of para-hydroxylation sites is 1. The van der Waals surface area contributed by atoms with E-state index in [1.54, 1.807) is 6.92 Å². The number of anilines is 1. The van der Waals surface area contributed by atoms with Crippen molar-refractivity contribution in [3.63, 3.8) is 0 Å². The number of rotatable bonds is 1. The Morgan fingerprint density at radius 3 is 2.48 bits per heavy atom. The average Bonchev–Trinajstić information content (AvgIpc) is 2.84. The van der Waals surface area contributed by atoms with E-state index in [9.17, 15) is 9.59 Å².